The lowest BCUT2D eigenvalue weighted by Gasteiger charge is -2.32. The Labute approximate surface area is 153 Å². The molecule has 0 rings (SSSR count). The second-order valence-corrected chi connectivity index (χ2v) is 6.38. The first-order valence-corrected chi connectivity index (χ1v) is 8.87. The van der Waals surface area contributed by atoms with Gasteiger partial charge < -0.3 is 41.1 Å². The maximum atomic E-state index is 10.4. The lowest BCUT2D eigenvalue weighted by atomic mass is 10.0. The van der Waals surface area contributed by atoms with Crippen molar-refractivity contribution in [2.45, 2.75) is 62.8 Å². The van der Waals surface area contributed by atoms with E-state index in [1.807, 2.05) is 6.92 Å². The summed E-state index contributed by atoms with van der Waals surface area (Å²) in [6.07, 6.45) is -6.63. The molecule has 0 fully saturated rings. The highest BCUT2D eigenvalue weighted by atomic mass is 16.4. The average Bonchev–Trinajstić information content (AvgIpc) is 2.60. The van der Waals surface area contributed by atoms with Crippen LogP contribution in [-0.2, 0) is 4.79 Å². The molecule has 10 heteroatoms. The number of amides is 1. The van der Waals surface area contributed by atoms with Gasteiger partial charge in [-0.05, 0) is 12.8 Å². The monoisotopic (exact) mass is 382 g/mol. The summed E-state index contributed by atoms with van der Waals surface area (Å²) in [6.45, 7) is 1.60. The molecule has 0 bridgehead atoms. The van der Waals surface area contributed by atoms with Gasteiger partial charge in [-0.3, -0.25) is 9.69 Å². The largest absolute Gasteiger partial charge is 0.396 e. The minimum Gasteiger partial charge on any atom is -0.396 e. The van der Waals surface area contributed by atoms with Crippen molar-refractivity contribution >= 4 is 6.41 Å². The zero-order valence-corrected chi connectivity index (χ0v) is 15.2. The van der Waals surface area contributed by atoms with Gasteiger partial charge in [-0.15, -0.1) is 0 Å². The Morgan fingerprint density at radius 2 is 1.38 bits per heavy atom. The van der Waals surface area contributed by atoms with Gasteiger partial charge in [-0.1, -0.05) is 13.3 Å². The molecular weight excluding hydrogens is 348 g/mol. The van der Waals surface area contributed by atoms with Gasteiger partial charge >= 0.3 is 0 Å². The quantitative estimate of drug-likeness (QED) is 0.0990. The van der Waals surface area contributed by atoms with Crippen LogP contribution in [0.1, 0.15) is 26.2 Å². The van der Waals surface area contributed by atoms with Crippen LogP contribution in [0.2, 0.25) is 0 Å². The van der Waals surface area contributed by atoms with Gasteiger partial charge in [0.25, 0.3) is 0 Å². The number of hydrogen-bond acceptors (Lipinski definition) is 9. The minimum absolute atomic E-state index is 0.102. The van der Waals surface area contributed by atoms with E-state index in [4.69, 9.17) is 5.11 Å². The highest BCUT2D eigenvalue weighted by Gasteiger charge is 2.29. The van der Waals surface area contributed by atoms with Crippen molar-refractivity contribution < 1.29 is 40.5 Å². The molecule has 0 radical (unpaired) electrons. The third-order valence-corrected chi connectivity index (χ3v) is 4.13. The fourth-order valence-corrected chi connectivity index (χ4v) is 2.57. The molecule has 0 aromatic carbocycles. The minimum atomic E-state index is -1.50. The van der Waals surface area contributed by atoms with E-state index in [2.05, 4.69) is 5.32 Å². The van der Waals surface area contributed by atoms with Crippen molar-refractivity contribution in [3.8, 4) is 0 Å². The second kappa shape index (κ2) is 14.2. The summed E-state index contributed by atoms with van der Waals surface area (Å²) in [4.78, 5) is 11.9. The number of carbonyl (C=O) groups is 1. The van der Waals surface area contributed by atoms with Crippen LogP contribution < -0.4 is 5.32 Å². The molecule has 1 amide bonds. The summed E-state index contributed by atoms with van der Waals surface area (Å²) in [5.41, 5.74) is 0. The summed E-state index contributed by atoms with van der Waals surface area (Å²) in [5.74, 6) is 0. The molecule has 0 saturated heterocycles. The van der Waals surface area contributed by atoms with Gasteiger partial charge in [0.1, 0.15) is 12.2 Å². The number of aliphatic hydroxyl groups is 7. The zero-order chi connectivity index (χ0) is 20.1. The first-order chi connectivity index (χ1) is 12.3. The Bertz CT molecular complexity index is 337. The highest BCUT2D eigenvalue weighted by Crippen LogP contribution is 2.10. The number of rotatable bonds is 16. The molecule has 0 saturated carbocycles. The van der Waals surface area contributed by atoms with E-state index >= 15 is 0 Å². The molecule has 0 heterocycles. The van der Waals surface area contributed by atoms with E-state index in [1.54, 1.807) is 0 Å². The number of hydrogen-bond donors (Lipinski definition) is 8. The van der Waals surface area contributed by atoms with Crippen LogP contribution in [0.5, 0.6) is 0 Å². The molecule has 0 aliphatic heterocycles. The van der Waals surface area contributed by atoms with E-state index in [9.17, 15) is 35.4 Å². The maximum absolute atomic E-state index is 10.4. The number of carbonyl (C=O) groups excluding carboxylic acids is 1. The summed E-state index contributed by atoms with van der Waals surface area (Å²) >= 11 is 0. The van der Waals surface area contributed by atoms with Crippen molar-refractivity contribution in [1.82, 2.24) is 10.2 Å². The predicted octanol–water partition coefficient (Wildman–Crippen LogP) is -3.62. The van der Waals surface area contributed by atoms with Gasteiger partial charge in [0.2, 0.25) is 6.41 Å². The van der Waals surface area contributed by atoms with Crippen molar-refractivity contribution in [1.29, 1.82) is 0 Å². The van der Waals surface area contributed by atoms with E-state index in [-0.39, 0.29) is 39.2 Å². The molecular formula is C16H34N2O8. The van der Waals surface area contributed by atoms with Crippen LogP contribution in [0.4, 0.5) is 0 Å². The fraction of sp³-hybridized carbons (Fsp3) is 0.938. The number of nitrogens with one attached hydrogen (secondary N) is 1. The lowest BCUT2D eigenvalue weighted by Crippen LogP contribution is -2.50. The average molecular weight is 382 g/mol. The molecule has 8 N–H and O–H groups in total. The molecule has 0 aliphatic carbocycles. The van der Waals surface area contributed by atoms with Crippen LogP contribution in [0.3, 0.4) is 0 Å². The summed E-state index contributed by atoms with van der Waals surface area (Å²) in [6, 6.07) is 0. The fourth-order valence-electron chi connectivity index (χ4n) is 2.57. The van der Waals surface area contributed by atoms with Crippen LogP contribution in [0.15, 0.2) is 0 Å². The Kier molecular flexibility index (Phi) is 13.8. The van der Waals surface area contributed by atoms with Crippen molar-refractivity contribution in [3.63, 3.8) is 0 Å². The van der Waals surface area contributed by atoms with Crippen LogP contribution in [0.25, 0.3) is 0 Å². The van der Waals surface area contributed by atoms with E-state index < -0.39 is 36.6 Å². The van der Waals surface area contributed by atoms with Crippen LogP contribution in [0, 0.1) is 0 Å². The molecule has 10 nitrogen and oxygen atoms in total. The predicted molar refractivity (Wildman–Crippen MR) is 93.2 cm³/mol. The molecule has 26 heavy (non-hydrogen) atoms. The molecule has 0 aromatic rings. The smallest absolute Gasteiger partial charge is 0.207 e. The molecule has 6 unspecified atom stereocenters. The van der Waals surface area contributed by atoms with Gasteiger partial charge in [-0.2, -0.15) is 0 Å². The summed E-state index contributed by atoms with van der Waals surface area (Å²) < 4.78 is 0. The summed E-state index contributed by atoms with van der Waals surface area (Å²) in [5, 5.41) is 70.7. The van der Waals surface area contributed by atoms with Crippen molar-refractivity contribution in [2.24, 2.45) is 0 Å². The van der Waals surface area contributed by atoms with E-state index in [0.717, 1.165) is 0 Å². The first-order valence-electron chi connectivity index (χ1n) is 8.87. The van der Waals surface area contributed by atoms with Crippen molar-refractivity contribution in [2.75, 3.05) is 32.8 Å². The number of nitrogens with zero attached hydrogens (tertiary/aromatic N) is 1. The van der Waals surface area contributed by atoms with Gasteiger partial charge in [0, 0.05) is 32.8 Å². The standard InChI is InChI=1S/C16H34N2O8/c1-2-3-11(21)15(25)13(23)8-18(6-5-17-10-20)9-14(24)16(26)12(22)4-7-19/h10-16,19,21-26H,2-9H2,1H3,(H,17,20). The van der Waals surface area contributed by atoms with E-state index in [0.29, 0.717) is 19.3 Å². The summed E-state index contributed by atoms with van der Waals surface area (Å²) in [7, 11) is 0. The lowest BCUT2D eigenvalue weighted by molar-refractivity contribution is -0.109. The SMILES string of the molecule is CCCC(O)C(O)C(O)CN(CCNC=O)CC(O)C(O)C(O)CCO. The highest BCUT2D eigenvalue weighted by molar-refractivity contribution is 5.45. The van der Waals surface area contributed by atoms with Crippen LogP contribution >= 0.6 is 0 Å². The molecule has 0 aliphatic rings. The Morgan fingerprint density at radius 3 is 1.81 bits per heavy atom. The normalized spacial score (nSPS) is 18.8. The van der Waals surface area contributed by atoms with Gasteiger partial charge in [0.15, 0.2) is 0 Å². The molecule has 0 aromatic heterocycles. The van der Waals surface area contributed by atoms with Gasteiger partial charge in [0.05, 0.1) is 24.4 Å². The Balaban J connectivity index is 4.79. The van der Waals surface area contributed by atoms with Crippen molar-refractivity contribution in [3.05, 3.63) is 0 Å². The third kappa shape index (κ3) is 9.74. The first kappa shape index (κ1) is 25.1. The Morgan fingerprint density at radius 1 is 0.885 bits per heavy atom. The van der Waals surface area contributed by atoms with Crippen LogP contribution in [-0.4, -0.2) is 116 Å². The maximum Gasteiger partial charge on any atom is 0.207 e. The van der Waals surface area contributed by atoms with Gasteiger partial charge in [-0.25, -0.2) is 0 Å². The molecule has 0 spiro atoms. The number of aliphatic hydroxyl groups excluding tert-OH is 7. The van der Waals surface area contributed by atoms with E-state index in [1.165, 1.54) is 4.90 Å². The zero-order valence-electron chi connectivity index (χ0n) is 15.2. The molecule has 156 valence electrons. The third-order valence-electron chi connectivity index (χ3n) is 4.13. The topological polar surface area (TPSA) is 174 Å². The Hall–Kier alpha value is -0.850. The molecule has 6 atom stereocenters. The second-order valence-electron chi connectivity index (χ2n) is 6.38.